The van der Waals surface area contributed by atoms with Crippen LogP contribution in [0.4, 0.5) is 0 Å². The molecule has 0 heteroatoms. The van der Waals surface area contributed by atoms with Crippen molar-refractivity contribution in [1.82, 2.24) is 0 Å². The van der Waals surface area contributed by atoms with E-state index in [1.807, 2.05) is 0 Å². The summed E-state index contributed by atoms with van der Waals surface area (Å²) in [5.41, 5.74) is 9.93. The van der Waals surface area contributed by atoms with E-state index in [1.54, 1.807) is 0 Å². The summed E-state index contributed by atoms with van der Waals surface area (Å²) in [4.78, 5) is 0. The van der Waals surface area contributed by atoms with Gasteiger partial charge in [0.25, 0.3) is 0 Å². The van der Waals surface area contributed by atoms with Crippen molar-refractivity contribution in [3.63, 3.8) is 0 Å². The van der Waals surface area contributed by atoms with Gasteiger partial charge in [0.05, 0.1) is 0 Å². The average Bonchev–Trinajstić information content (AvgIpc) is 2.82. The second-order valence-electron chi connectivity index (χ2n) is 5.54. The summed E-state index contributed by atoms with van der Waals surface area (Å²) < 4.78 is 0. The molecule has 0 amide bonds. The molecular formula is C19H20. The molecule has 0 spiro atoms. The van der Waals surface area contributed by atoms with Crippen LogP contribution >= 0.6 is 0 Å². The van der Waals surface area contributed by atoms with Crippen molar-refractivity contribution in [1.29, 1.82) is 0 Å². The van der Waals surface area contributed by atoms with Gasteiger partial charge in [0.15, 0.2) is 0 Å². The Morgan fingerprint density at radius 3 is 2.37 bits per heavy atom. The number of allylic oxidation sites excluding steroid dienone is 1. The van der Waals surface area contributed by atoms with Crippen LogP contribution in [0.25, 0.3) is 17.2 Å². The molecule has 2 aromatic carbocycles. The fourth-order valence-electron chi connectivity index (χ4n) is 2.92. The molecular weight excluding hydrogens is 228 g/mol. The van der Waals surface area contributed by atoms with E-state index >= 15 is 0 Å². The molecule has 0 N–H and O–H groups in total. The quantitative estimate of drug-likeness (QED) is 0.686. The van der Waals surface area contributed by atoms with E-state index in [4.69, 9.17) is 0 Å². The summed E-state index contributed by atoms with van der Waals surface area (Å²) in [5, 5.41) is 0. The van der Waals surface area contributed by atoms with Crippen LogP contribution in [-0.4, -0.2) is 0 Å². The number of hydrogen-bond acceptors (Lipinski definition) is 0. The van der Waals surface area contributed by atoms with E-state index in [9.17, 15) is 0 Å². The zero-order chi connectivity index (χ0) is 13.4. The van der Waals surface area contributed by atoms with Crippen LogP contribution in [0.2, 0.25) is 0 Å². The molecule has 0 bridgehead atoms. The fraction of sp³-hybridized carbons (Fsp3) is 0.263. The van der Waals surface area contributed by atoms with Gasteiger partial charge in [0.2, 0.25) is 0 Å². The number of hydrogen-bond donors (Lipinski definition) is 0. The highest BCUT2D eigenvalue weighted by Crippen LogP contribution is 2.35. The summed E-state index contributed by atoms with van der Waals surface area (Å²) >= 11 is 0. The van der Waals surface area contributed by atoms with Gasteiger partial charge in [-0.1, -0.05) is 55.0 Å². The Hall–Kier alpha value is -1.82. The Labute approximate surface area is 115 Å². The smallest absolute Gasteiger partial charge is 0.00577 e. The third-order valence-corrected chi connectivity index (χ3v) is 4.11. The summed E-state index contributed by atoms with van der Waals surface area (Å²) in [6.45, 7) is 6.64. The van der Waals surface area contributed by atoms with Crippen molar-refractivity contribution in [2.45, 2.75) is 33.6 Å². The fourth-order valence-corrected chi connectivity index (χ4v) is 2.92. The summed E-state index contributed by atoms with van der Waals surface area (Å²) in [7, 11) is 0. The summed E-state index contributed by atoms with van der Waals surface area (Å²) in [5.74, 6) is 0. The molecule has 96 valence electrons. The molecule has 3 rings (SSSR count). The van der Waals surface area contributed by atoms with Crippen molar-refractivity contribution in [2.75, 3.05) is 0 Å². The highest BCUT2D eigenvalue weighted by Gasteiger charge is 2.16. The molecule has 2 aromatic rings. The SMILES string of the molecule is CCc1ccc(-c2ccc(C)c3c2C=C(C)C3)cc1. The van der Waals surface area contributed by atoms with Gasteiger partial charge < -0.3 is 0 Å². The van der Waals surface area contributed by atoms with Gasteiger partial charge in [-0.15, -0.1) is 0 Å². The molecule has 19 heavy (non-hydrogen) atoms. The molecule has 1 aliphatic rings. The van der Waals surface area contributed by atoms with Gasteiger partial charge in [-0.3, -0.25) is 0 Å². The molecule has 0 saturated carbocycles. The Bertz CT molecular complexity index is 642. The third-order valence-electron chi connectivity index (χ3n) is 4.11. The first-order chi connectivity index (χ1) is 9.19. The number of fused-ring (bicyclic) bond motifs is 1. The summed E-state index contributed by atoms with van der Waals surface area (Å²) in [6.07, 6.45) is 4.57. The molecule has 0 fully saturated rings. The first-order valence-electron chi connectivity index (χ1n) is 7.08. The molecule has 0 radical (unpaired) electrons. The summed E-state index contributed by atoms with van der Waals surface area (Å²) in [6, 6.07) is 13.5. The maximum absolute atomic E-state index is 2.35. The Kier molecular flexibility index (Phi) is 3.02. The molecule has 0 unspecified atom stereocenters. The molecule has 0 aliphatic heterocycles. The predicted molar refractivity (Wildman–Crippen MR) is 83.3 cm³/mol. The standard InChI is InChI=1S/C19H20/c1-4-15-6-8-16(9-7-15)17-10-5-14(3)18-11-13(2)12-19(17)18/h5-10,12H,4,11H2,1-3H3. The lowest BCUT2D eigenvalue weighted by atomic mass is 9.93. The van der Waals surface area contributed by atoms with E-state index in [-0.39, 0.29) is 0 Å². The largest absolute Gasteiger partial charge is 0.0683 e. The Morgan fingerprint density at radius 1 is 0.947 bits per heavy atom. The minimum Gasteiger partial charge on any atom is -0.0683 e. The molecule has 0 atom stereocenters. The monoisotopic (exact) mass is 248 g/mol. The molecule has 0 nitrogen and oxygen atoms in total. The third kappa shape index (κ3) is 2.12. The number of rotatable bonds is 2. The van der Waals surface area contributed by atoms with Crippen LogP contribution in [0.15, 0.2) is 42.0 Å². The number of benzene rings is 2. The second-order valence-corrected chi connectivity index (χ2v) is 5.54. The van der Waals surface area contributed by atoms with Crippen molar-refractivity contribution >= 4 is 6.08 Å². The van der Waals surface area contributed by atoms with Crippen LogP contribution in [0.3, 0.4) is 0 Å². The molecule has 0 heterocycles. The predicted octanol–water partition coefficient (Wildman–Crippen LogP) is 5.18. The molecule has 0 aromatic heterocycles. The topological polar surface area (TPSA) is 0 Å². The highest BCUT2D eigenvalue weighted by atomic mass is 14.2. The van der Waals surface area contributed by atoms with Crippen LogP contribution in [0.5, 0.6) is 0 Å². The normalized spacial score (nSPS) is 13.3. The van der Waals surface area contributed by atoms with E-state index in [0.717, 1.165) is 12.8 Å². The zero-order valence-electron chi connectivity index (χ0n) is 12.0. The van der Waals surface area contributed by atoms with Gasteiger partial charge in [-0.25, -0.2) is 0 Å². The first-order valence-corrected chi connectivity index (χ1v) is 7.08. The van der Waals surface area contributed by atoms with Crippen LogP contribution in [-0.2, 0) is 12.8 Å². The first kappa shape index (κ1) is 12.2. The highest BCUT2D eigenvalue weighted by molar-refractivity contribution is 5.81. The van der Waals surface area contributed by atoms with Crippen molar-refractivity contribution in [3.8, 4) is 11.1 Å². The lowest BCUT2D eigenvalue weighted by molar-refractivity contribution is 1.14. The molecule has 1 aliphatic carbocycles. The van der Waals surface area contributed by atoms with E-state index < -0.39 is 0 Å². The number of aryl methyl sites for hydroxylation is 2. The lowest BCUT2D eigenvalue weighted by Gasteiger charge is -2.11. The van der Waals surface area contributed by atoms with Gasteiger partial charge in [0, 0.05) is 0 Å². The average molecular weight is 248 g/mol. The van der Waals surface area contributed by atoms with Crippen molar-refractivity contribution in [2.24, 2.45) is 0 Å². The van der Waals surface area contributed by atoms with Gasteiger partial charge in [0.1, 0.15) is 0 Å². The Morgan fingerprint density at radius 2 is 1.68 bits per heavy atom. The van der Waals surface area contributed by atoms with Crippen LogP contribution in [0.1, 0.15) is 36.1 Å². The van der Waals surface area contributed by atoms with Gasteiger partial charge in [-0.2, -0.15) is 0 Å². The zero-order valence-corrected chi connectivity index (χ0v) is 12.0. The lowest BCUT2D eigenvalue weighted by Crippen LogP contribution is -1.92. The van der Waals surface area contributed by atoms with Crippen LogP contribution < -0.4 is 0 Å². The molecule has 0 saturated heterocycles. The maximum atomic E-state index is 2.35. The minimum absolute atomic E-state index is 1.10. The van der Waals surface area contributed by atoms with Crippen molar-refractivity contribution in [3.05, 3.63) is 64.2 Å². The second kappa shape index (κ2) is 4.70. The van der Waals surface area contributed by atoms with E-state index in [1.165, 1.54) is 39.0 Å². The maximum Gasteiger partial charge on any atom is -0.00577 e. The minimum atomic E-state index is 1.10. The van der Waals surface area contributed by atoms with E-state index in [0.29, 0.717) is 0 Å². The van der Waals surface area contributed by atoms with Crippen molar-refractivity contribution < 1.29 is 0 Å². The van der Waals surface area contributed by atoms with Gasteiger partial charge in [-0.05, 0) is 60.1 Å². The van der Waals surface area contributed by atoms with Crippen LogP contribution in [0, 0.1) is 6.92 Å². The van der Waals surface area contributed by atoms with Gasteiger partial charge >= 0.3 is 0 Å². The van der Waals surface area contributed by atoms with E-state index in [2.05, 4.69) is 63.2 Å². The Balaban J connectivity index is 2.13.